The highest BCUT2D eigenvalue weighted by atomic mass is 35.5. The summed E-state index contributed by atoms with van der Waals surface area (Å²) in [5, 5.41) is 3.68. The first-order valence-corrected chi connectivity index (χ1v) is 8.02. The van der Waals surface area contributed by atoms with Crippen molar-refractivity contribution in [1.82, 2.24) is 15.0 Å². The summed E-state index contributed by atoms with van der Waals surface area (Å²) in [4.78, 5) is 15.1. The first kappa shape index (κ1) is 14.8. The third kappa shape index (κ3) is 3.37. The highest BCUT2D eigenvalue weighted by Crippen LogP contribution is 2.32. The molecular weight excluding hydrogens is 290 g/mol. The van der Waals surface area contributed by atoms with Crippen LogP contribution >= 0.6 is 11.6 Å². The van der Waals surface area contributed by atoms with Crippen LogP contribution in [0, 0.1) is 11.8 Å². The standard InChI is InChI=1S/C14H22ClN5O/c1-9-3-4-11(10(9)2)16-13-17-12(15)18-14(19-13)20-5-7-21-8-6-20/h9-11H,3-8H2,1-2H3,(H,16,17,18,19). The third-order valence-electron chi connectivity index (χ3n) is 4.67. The number of hydrogen-bond donors (Lipinski definition) is 1. The molecule has 2 fully saturated rings. The second-order valence-corrected chi connectivity index (χ2v) is 6.33. The van der Waals surface area contributed by atoms with Crippen LogP contribution in [0.3, 0.4) is 0 Å². The van der Waals surface area contributed by atoms with Gasteiger partial charge in [-0.15, -0.1) is 0 Å². The Bertz CT molecular complexity index is 494. The molecule has 3 atom stereocenters. The lowest BCUT2D eigenvalue weighted by Gasteiger charge is -2.27. The van der Waals surface area contributed by atoms with Gasteiger partial charge in [0.25, 0.3) is 0 Å². The van der Waals surface area contributed by atoms with E-state index in [1.165, 1.54) is 6.42 Å². The molecule has 1 saturated heterocycles. The molecule has 6 nitrogen and oxygen atoms in total. The number of nitrogens with one attached hydrogen (secondary N) is 1. The van der Waals surface area contributed by atoms with Crippen LogP contribution in [0.5, 0.6) is 0 Å². The molecule has 1 aromatic rings. The maximum absolute atomic E-state index is 6.06. The van der Waals surface area contributed by atoms with Crippen LogP contribution in [0.4, 0.5) is 11.9 Å². The van der Waals surface area contributed by atoms with Crippen LogP contribution in [0.1, 0.15) is 26.7 Å². The topological polar surface area (TPSA) is 63.2 Å². The van der Waals surface area contributed by atoms with Crippen LogP contribution in [0.2, 0.25) is 5.28 Å². The van der Waals surface area contributed by atoms with Gasteiger partial charge in [-0.25, -0.2) is 0 Å². The van der Waals surface area contributed by atoms with Gasteiger partial charge in [0.2, 0.25) is 17.2 Å². The molecule has 1 saturated carbocycles. The molecule has 1 N–H and O–H groups in total. The van der Waals surface area contributed by atoms with Gasteiger partial charge in [-0.2, -0.15) is 15.0 Å². The minimum Gasteiger partial charge on any atom is -0.378 e. The van der Waals surface area contributed by atoms with Crippen LogP contribution in [-0.4, -0.2) is 47.3 Å². The Morgan fingerprint density at radius 2 is 1.90 bits per heavy atom. The van der Waals surface area contributed by atoms with Crippen molar-refractivity contribution in [3.8, 4) is 0 Å². The van der Waals surface area contributed by atoms with Crippen molar-refractivity contribution in [2.75, 3.05) is 36.5 Å². The van der Waals surface area contributed by atoms with Gasteiger partial charge in [0, 0.05) is 19.1 Å². The second-order valence-electron chi connectivity index (χ2n) is 5.99. The molecule has 0 aromatic carbocycles. The van der Waals surface area contributed by atoms with Gasteiger partial charge < -0.3 is 15.0 Å². The summed E-state index contributed by atoms with van der Waals surface area (Å²) in [7, 11) is 0. The first-order chi connectivity index (χ1) is 10.1. The van der Waals surface area contributed by atoms with Crippen LogP contribution in [-0.2, 0) is 4.74 Å². The van der Waals surface area contributed by atoms with E-state index in [0.29, 0.717) is 37.1 Å². The lowest BCUT2D eigenvalue weighted by molar-refractivity contribution is 0.122. The van der Waals surface area contributed by atoms with E-state index in [2.05, 4.69) is 39.0 Å². The fourth-order valence-corrected chi connectivity index (χ4v) is 3.20. The molecule has 0 amide bonds. The van der Waals surface area contributed by atoms with Crippen LogP contribution in [0.25, 0.3) is 0 Å². The number of morpholine rings is 1. The molecule has 1 aliphatic carbocycles. The maximum atomic E-state index is 6.06. The van der Waals surface area contributed by atoms with E-state index in [1.54, 1.807) is 0 Å². The normalized spacial score (nSPS) is 29.7. The van der Waals surface area contributed by atoms with Gasteiger partial charge in [-0.1, -0.05) is 13.8 Å². The summed E-state index contributed by atoms with van der Waals surface area (Å²) >= 11 is 6.06. The maximum Gasteiger partial charge on any atom is 0.231 e. The van der Waals surface area contributed by atoms with Crippen molar-refractivity contribution in [2.24, 2.45) is 11.8 Å². The van der Waals surface area contributed by atoms with E-state index in [4.69, 9.17) is 16.3 Å². The zero-order valence-electron chi connectivity index (χ0n) is 12.5. The summed E-state index contributed by atoms with van der Waals surface area (Å²) < 4.78 is 5.35. The molecule has 3 rings (SSSR count). The molecule has 3 unspecified atom stereocenters. The van der Waals surface area contributed by atoms with Gasteiger partial charge in [0.1, 0.15) is 0 Å². The number of anilines is 2. The van der Waals surface area contributed by atoms with Crippen LogP contribution in [0.15, 0.2) is 0 Å². The van der Waals surface area contributed by atoms with Crippen molar-refractivity contribution >= 4 is 23.5 Å². The average Bonchev–Trinajstić information content (AvgIpc) is 2.80. The zero-order valence-corrected chi connectivity index (χ0v) is 13.3. The van der Waals surface area contributed by atoms with Crippen molar-refractivity contribution in [3.05, 3.63) is 5.28 Å². The number of hydrogen-bond acceptors (Lipinski definition) is 6. The van der Waals surface area contributed by atoms with Crippen molar-refractivity contribution in [1.29, 1.82) is 0 Å². The Morgan fingerprint density at radius 1 is 1.14 bits per heavy atom. The molecule has 2 heterocycles. The van der Waals surface area contributed by atoms with Crippen LogP contribution < -0.4 is 10.2 Å². The van der Waals surface area contributed by atoms with E-state index >= 15 is 0 Å². The lowest BCUT2D eigenvalue weighted by atomic mass is 9.98. The van der Waals surface area contributed by atoms with E-state index in [9.17, 15) is 0 Å². The summed E-state index contributed by atoms with van der Waals surface area (Å²) in [6.07, 6.45) is 2.40. The molecule has 0 spiro atoms. The van der Waals surface area contributed by atoms with E-state index in [-0.39, 0.29) is 5.28 Å². The number of aromatic nitrogens is 3. The van der Waals surface area contributed by atoms with Crippen molar-refractivity contribution < 1.29 is 4.74 Å². The number of nitrogens with zero attached hydrogens (tertiary/aromatic N) is 4. The summed E-state index contributed by atoms with van der Waals surface area (Å²) in [5.41, 5.74) is 0. The Morgan fingerprint density at radius 3 is 2.57 bits per heavy atom. The number of halogens is 1. The molecule has 7 heteroatoms. The molecular formula is C14H22ClN5O. The largest absolute Gasteiger partial charge is 0.378 e. The monoisotopic (exact) mass is 311 g/mol. The lowest BCUT2D eigenvalue weighted by Crippen LogP contribution is -2.37. The molecule has 21 heavy (non-hydrogen) atoms. The first-order valence-electron chi connectivity index (χ1n) is 7.64. The Balaban J connectivity index is 1.74. The molecule has 0 radical (unpaired) electrons. The van der Waals surface area contributed by atoms with E-state index in [0.717, 1.165) is 25.4 Å². The number of ether oxygens (including phenoxy) is 1. The fraction of sp³-hybridized carbons (Fsp3) is 0.786. The van der Waals surface area contributed by atoms with Gasteiger partial charge in [0.05, 0.1) is 13.2 Å². The number of rotatable bonds is 3. The highest BCUT2D eigenvalue weighted by molar-refractivity contribution is 6.28. The summed E-state index contributed by atoms with van der Waals surface area (Å²) in [5.74, 6) is 2.58. The SMILES string of the molecule is CC1CCC(Nc2nc(Cl)nc(N3CCOCC3)n2)C1C. The molecule has 0 bridgehead atoms. The summed E-state index contributed by atoms with van der Waals surface area (Å²) in [6.45, 7) is 7.55. The third-order valence-corrected chi connectivity index (χ3v) is 4.84. The van der Waals surface area contributed by atoms with Crippen molar-refractivity contribution in [2.45, 2.75) is 32.7 Å². The average molecular weight is 312 g/mol. The second kappa shape index (κ2) is 6.32. The molecule has 1 aliphatic heterocycles. The predicted molar refractivity (Wildman–Crippen MR) is 82.8 cm³/mol. The van der Waals surface area contributed by atoms with Crippen molar-refractivity contribution in [3.63, 3.8) is 0 Å². The molecule has 116 valence electrons. The Labute approximate surface area is 130 Å². The minimum atomic E-state index is 0.243. The smallest absolute Gasteiger partial charge is 0.231 e. The predicted octanol–water partition coefficient (Wildman–Crippen LogP) is 2.21. The molecule has 2 aliphatic rings. The highest BCUT2D eigenvalue weighted by Gasteiger charge is 2.30. The quantitative estimate of drug-likeness (QED) is 0.923. The zero-order chi connectivity index (χ0) is 14.8. The fourth-order valence-electron chi connectivity index (χ4n) is 3.04. The van der Waals surface area contributed by atoms with Gasteiger partial charge in [-0.05, 0) is 36.3 Å². The Hall–Kier alpha value is -1.14. The van der Waals surface area contributed by atoms with E-state index in [1.807, 2.05) is 0 Å². The minimum absolute atomic E-state index is 0.243. The van der Waals surface area contributed by atoms with Gasteiger partial charge in [-0.3, -0.25) is 0 Å². The van der Waals surface area contributed by atoms with Gasteiger partial charge in [0.15, 0.2) is 0 Å². The molecule has 1 aromatic heterocycles. The summed E-state index contributed by atoms with van der Waals surface area (Å²) in [6, 6.07) is 0.413. The Kier molecular flexibility index (Phi) is 4.45. The van der Waals surface area contributed by atoms with Gasteiger partial charge >= 0.3 is 0 Å². The van der Waals surface area contributed by atoms with E-state index < -0.39 is 0 Å².